The smallest absolute Gasteiger partial charge is 0.292 e. The minimum Gasteiger partial charge on any atom is -0.484 e. The molecule has 32 heavy (non-hydrogen) atoms. The van der Waals surface area contributed by atoms with Crippen molar-refractivity contribution in [3.63, 3.8) is 0 Å². The maximum absolute atomic E-state index is 13.1. The van der Waals surface area contributed by atoms with Gasteiger partial charge in [-0.3, -0.25) is 9.48 Å². The molecule has 0 spiro atoms. The summed E-state index contributed by atoms with van der Waals surface area (Å²) in [6.07, 6.45) is 1.59. The first-order chi connectivity index (χ1) is 15.4. The molecule has 0 unspecified atom stereocenters. The number of benzene rings is 2. The van der Waals surface area contributed by atoms with Gasteiger partial charge in [0.2, 0.25) is 0 Å². The second-order valence-corrected chi connectivity index (χ2v) is 7.92. The van der Waals surface area contributed by atoms with Crippen LogP contribution in [0.5, 0.6) is 5.75 Å². The van der Waals surface area contributed by atoms with E-state index < -0.39 is 11.7 Å². The van der Waals surface area contributed by atoms with Crippen LogP contribution in [-0.2, 0) is 13.2 Å². The summed E-state index contributed by atoms with van der Waals surface area (Å²) < 4.78 is 25.7. The lowest BCUT2D eigenvalue weighted by Gasteiger charge is -2.06. The molecule has 2 heterocycles. The fraction of sp³-hybridized carbons (Fsp3) is 0.0909. The fourth-order valence-corrected chi connectivity index (χ4v) is 3.47. The number of aromatic nitrogens is 2. The largest absolute Gasteiger partial charge is 0.484 e. The van der Waals surface area contributed by atoms with E-state index in [9.17, 15) is 9.18 Å². The highest BCUT2D eigenvalue weighted by Crippen LogP contribution is 2.26. The van der Waals surface area contributed by atoms with Crippen LogP contribution in [0.25, 0.3) is 0 Å². The van der Waals surface area contributed by atoms with Crippen LogP contribution in [0.15, 0.2) is 65.2 Å². The summed E-state index contributed by atoms with van der Waals surface area (Å²) in [4.78, 5) is 12.5. The van der Waals surface area contributed by atoms with Crippen molar-refractivity contribution < 1.29 is 18.3 Å². The van der Waals surface area contributed by atoms with E-state index in [1.807, 2.05) is 18.2 Å². The number of furan rings is 1. The molecule has 2 aromatic carbocycles. The van der Waals surface area contributed by atoms with Crippen molar-refractivity contribution in [2.45, 2.75) is 13.2 Å². The highest BCUT2D eigenvalue weighted by Gasteiger charge is 2.16. The highest BCUT2D eigenvalue weighted by molar-refractivity contribution is 6.33. The average molecular weight is 495 g/mol. The zero-order valence-electron chi connectivity index (χ0n) is 16.3. The molecule has 0 atom stereocenters. The van der Waals surface area contributed by atoms with Gasteiger partial charge < -0.3 is 14.5 Å². The third kappa shape index (κ3) is 5.24. The lowest BCUT2D eigenvalue weighted by Crippen LogP contribution is -2.12. The van der Waals surface area contributed by atoms with E-state index in [0.29, 0.717) is 23.1 Å². The zero-order valence-corrected chi connectivity index (χ0v) is 18.6. The summed E-state index contributed by atoms with van der Waals surface area (Å²) in [5.74, 6) is -0.0769. The number of nitrogens with zero attached hydrogens (tertiary/aromatic N) is 2. The molecule has 0 bridgehead atoms. The predicted octanol–water partition coefficient (Wildman–Crippen LogP) is 6.46. The Balaban J connectivity index is 1.39. The van der Waals surface area contributed by atoms with Gasteiger partial charge in [-0.05, 0) is 42.0 Å². The van der Waals surface area contributed by atoms with Gasteiger partial charge in [0.25, 0.3) is 5.91 Å². The van der Waals surface area contributed by atoms with Crippen LogP contribution >= 0.6 is 34.8 Å². The first kappa shape index (κ1) is 22.2. The molecule has 10 heteroatoms. The van der Waals surface area contributed by atoms with E-state index in [4.69, 9.17) is 44.0 Å². The van der Waals surface area contributed by atoms with Crippen LogP contribution < -0.4 is 10.1 Å². The van der Waals surface area contributed by atoms with E-state index in [2.05, 4.69) is 10.4 Å². The van der Waals surface area contributed by atoms with Crippen LogP contribution in [0.3, 0.4) is 0 Å². The third-order valence-electron chi connectivity index (χ3n) is 4.39. The maximum Gasteiger partial charge on any atom is 0.292 e. The molecule has 0 aliphatic rings. The van der Waals surface area contributed by atoms with Gasteiger partial charge in [-0.1, -0.05) is 53.0 Å². The second kappa shape index (κ2) is 9.65. The summed E-state index contributed by atoms with van der Waals surface area (Å²) in [7, 11) is 0. The van der Waals surface area contributed by atoms with Crippen molar-refractivity contribution in [3.05, 3.63) is 98.8 Å². The first-order valence-electron chi connectivity index (χ1n) is 9.33. The van der Waals surface area contributed by atoms with Crippen molar-refractivity contribution >= 4 is 46.5 Å². The number of rotatable bonds is 7. The number of hydrogen-bond donors (Lipinski definition) is 1. The molecule has 4 rings (SSSR count). The minimum absolute atomic E-state index is 0.00580. The second-order valence-electron chi connectivity index (χ2n) is 6.70. The number of ether oxygens (including phenoxy) is 1. The van der Waals surface area contributed by atoms with Crippen molar-refractivity contribution in [1.29, 1.82) is 0 Å². The minimum atomic E-state index is -0.527. The van der Waals surface area contributed by atoms with Gasteiger partial charge in [0.05, 0.1) is 11.6 Å². The molecule has 0 radical (unpaired) electrons. The van der Waals surface area contributed by atoms with E-state index in [0.717, 1.165) is 11.6 Å². The van der Waals surface area contributed by atoms with E-state index in [1.165, 1.54) is 18.2 Å². The Bertz CT molecular complexity index is 1270. The zero-order chi connectivity index (χ0) is 22.7. The summed E-state index contributed by atoms with van der Waals surface area (Å²) in [5.41, 5.74) is 0.864. The predicted molar refractivity (Wildman–Crippen MR) is 120 cm³/mol. The number of carbonyl (C=O) groups excluding carboxylic acids is 1. The molecule has 164 valence electrons. The molecular weight excluding hydrogens is 480 g/mol. The SMILES string of the molecule is O=C(Nc1nn(Cc2ccccc2Cl)cc1Cl)c1ccc(COc2ccc(F)cc2Cl)o1. The third-order valence-corrected chi connectivity index (χ3v) is 5.33. The Kier molecular flexibility index (Phi) is 6.69. The number of amides is 1. The van der Waals surface area contributed by atoms with Gasteiger partial charge in [-0.25, -0.2) is 4.39 Å². The fourth-order valence-electron chi connectivity index (χ4n) is 2.85. The summed E-state index contributed by atoms with van der Waals surface area (Å²) in [6.45, 7) is 0.398. The molecule has 6 nitrogen and oxygen atoms in total. The Morgan fingerprint density at radius 2 is 1.88 bits per heavy atom. The molecule has 0 saturated heterocycles. The van der Waals surface area contributed by atoms with Crippen LogP contribution in [0.4, 0.5) is 10.2 Å². The standard InChI is InChI=1S/C22H15Cl3FN3O3/c23-16-4-2-1-3-13(16)10-29-11-18(25)21(28-29)27-22(30)20-8-6-15(32-20)12-31-19-7-5-14(26)9-17(19)24/h1-9,11H,10,12H2,(H,27,28,30). The summed E-state index contributed by atoms with van der Waals surface area (Å²) in [5, 5.41) is 7.92. The monoisotopic (exact) mass is 493 g/mol. The number of anilines is 1. The number of hydrogen-bond acceptors (Lipinski definition) is 4. The topological polar surface area (TPSA) is 69.3 Å². The van der Waals surface area contributed by atoms with Crippen LogP contribution in [0.2, 0.25) is 15.1 Å². The molecule has 1 amide bonds. The molecule has 0 fully saturated rings. The Labute approximate surface area is 197 Å². The van der Waals surface area contributed by atoms with Crippen molar-refractivity contribution in [2.75, 3.05) is 5.32 Å². The van der Waals surface area contributed by atoms with E-state index in [1.54, 1.807) is 23.0 Å². The van der Waals surface area contributed by atoms with Gasteiger partial charge in [0.1, 0.15) is 29.0 Å². The molecule has 0 aliphatic carbocycles. The van der Waals surface area contributed by atoms with Crippen molar-refractivity contribution in [2.24, 2.45) is 0 Å². The molecule has 0 aliphatic heterocycles. The Morgan fingerprint density at radius 1 is 1.06 bits per heavy atom. The molecule has 1 N–H and O–H groups in total. The van der Waals surface area contributed by atoms with Gasteiger partial charge in [0.15, 0.2) is 11.6 Å². The van der Waals surface area contributed by atoms with Crippen LogP contribution in [0, 0.1) is 5.82 Å². The molecule has 2 aromatic heterocycles. The van der Waals surface area contributed by atoms with Crippen LogP contribution in [0.1, 0.15) is 21.9 Å². The van der Waals surface area contributed by atoms with E-state index in [-0.39, 0.29) is 28.2 Å². The first-order valence-corrected chi connectivity index (χ1v) is 10.5. The average Bonchev–Trinajstić information content (AvgIpc) is 3.36. The number of carbonyl (C=O) groups is 1. The lowest BCUT2D eigenvalue weighted by molar-refractivity contribution is 0.0992. The molecule has 4 aromatic rings. The molecule has 0 saturated carbocycles. The van der Waals surface area contributed by atoms with Gasteiger partial charge >= 0.3 is 0 Å². The van der Waals surface area contributed by atoms with Crippen molar-refractivity contribution in [1.82, 2.24) is 9.78 Å². The quantitative estimate of drug-likeness (QED) is 0.320. The van der Waals surface area contributed by atoms with Gasteiger partial charge in [-0.15, -0.1) is 0 Å². The lowest BCUT2D eigenvalue weighted by atomic mass is 10.2. The van der Waals surface area contributed by atoms with E-state index >= 15 is 0 Å². The molecular formula is C22H15Cl3FN3O3. The number of nitrogens with one attached hydrogen (secondary N) is 1. The highest BCUT2D eigenvalue weighted by atomic mass is 35.5. The maximum atomic E-state index is 13.1. The Hall–Kier alpha value is -3.00. The normalized spacial score (nSPS) is 10.9. The van der Waals surface area contributed by atoms with Gasteiger partial charge in [-0.2, -0.15) is 5.10 Å². The summed E-state index contributed by atoms with van der Waals surface area (Å²) in [6, 6.07) is 14.2. The number of halogens is 4. The van der Waals surface area contributed by atoms with Crippen molar-refractivity contribution in [3.8, 4) is 5.75 Å². The Morgan fingerprint density at radius 3 is 2.66 bits per heavy atom. The van der Waals surface area contributed by atoms with Crippen LogP contribution in [-0.4, -0.2) is 15.7 Å². The summed E-state index contributed by atoms with van der Waals surface area (Å²) >= 11 is 18.3. The van der Waals surface area contributed by atoms with Gasteiger partial charge in [0, 0.05) is 11.2 Å².